The van der Waals surface area contributed by atoms with E-state index in [2.05, 4.69) is 31.4 Å². The second-order valence-electron chi connectivity index (χ2n) is 6.17. The van der Waals surface area contributed by atoms with Crippen LogP contribution in [-0.2, 0) is 5.54 Å². The molecular weight excluding hydrogens is 282 g/mol. The van der Waals surface area contributed by atoms with Gasteiger partial charge in [0.15, 0.2) is 0 Å². The van der Waals surface area contributed by atoms with Gasteiger partial charge in [-0.05, 0) is 51.1 Å². The number of benzene rings is 2. The Balaban J connectivity index is 2.39. The molecule has 0 amide bonds. The lowest BCUT2D eigenvalue weighted by atomic mass is 10.1. The average molecular weight is 300 g/mol. The van der Waals surface area contributed by atoms with Gasteiger partial charge in [-0.3, -0.25) is 0 Å². The van der Waals surface area contributed by atoms with Crippen LogP contribution >= 0.6 is 11.6 Å². The fourth-order valence-corrected chi connectivity index (χ4v) is 2.80. The molecule has 3 nitrogen and oxygen atoms in total. The second-order valence-corrected chi connectivity index (χ2v) is 6.58. The van der Waals surface area contributed by atoms with Crippen LogP contribution in [0, 0.1) is 0 Å². The number of imidazole rings is 1. The molecule has 0 unspecified atom stereocenters. The van der Waals surface area contributed by atoms with Gasteiger partial charge in [0.1, 0.15) is 5.82 Å². The van der Waals surface area contributed by atoms with E-state index in [1.165, 1.54) is 0 Å². The quantitative estimate of drug-likeness (QED) is 0.662. The van der Waals surface area contributed by atoms with E-state index >= 15 is 0 Å². The van der Waals surface area contributed by atoms with Crippen LogP contribution in [0.25, 0.3) is 22.4 Å². The van der Waals surface area contributed by atoms with Crippen LogP contribution in [-0.4, -0.2) is 9.55 Å². The van der Waals surface area contributed by atoms with Crippen molar-refractivity contribution in [3.8, 4) is 11.4 Å². The predicted octanol–water partition coefficient (Wildman–Crippen LogP) is 4.69. The summed E-state index contributed by atoms with van der Waals surface area (Å²) in [5.74, 6) is 0.848. The van der Waals surface area contributed by atoms with Gasteiger partial charge in [0.25, 0.3) is 0 Å². The number of aromatic nitrogens is 2. The monoisotopic (exact) mass is 299 g/mol. The number of fused-ring (bicyclic) bond motifs is 1. The first-order chi connectivity index (χ1) is 9.88. The molecule has 0 atom stereocenters. The van der Waals surface area contributed by atoms with Crippen molar-refractivity contribution in [1.82, 2.24) is 9.55 Å². The molecule has 4 heteroatoms. The van der Waals surface area contributed by atoms with E-state index < -0.39 is 0 Å². The largest absolute Gasteiger partial charge is 0.399 e. The van der Waals surface area contributed by atoms with Crippen LogP contribution < -0.4 is 5.73 Å². The molecule has 0 saturated carbocycles. The molecule has 0 saturated heterocycles. The molecular formula is C17H18ClN3. The summed E-state index contributed by atoms with van der Waals surface area (Å²) >= 11 is 6.37. The van der Waals surface area contributed by atoms with Crippen LogP contribution in [0.15, 0.2) is 42.5 Å². The molecule has 0 bridgehead atoms. The standard InChI is InChI=1S/C17H18ClN3/c1-17(2,3)21-15-7-5-4-6-14(15)20-16(21)12-10-11(19)8-9-13(12)18/h4-10H,19H2,1-3H3. The summed E-state index contributed by atoms with van der Waals surface area (Å²) in [5.41, 5.74) is 9.41. The van der Waals surface area contributed by atoms with E-state index in [9.17, 15) is 0 Å². The van der Waals surface area contributed by atoms with E-state index in [4.69, 9.17) is 22.3 Å². The van der Waals surface area contributed by atoms with Crippen LogP contribution in [0.3, 0.4) is 0 Å². The van der Waals surface area contributed by atoms with Crippen LogP contribution in [0.2, 0.25) is 5.02 Å². The summed E-state index contributed by atoms with van der Waals surface area (Å²) in [6.45, 7) is 6.47. The van der Waals surface area contributed by atoms with Gasteiger partial charge in [-0.15, -0.1) is 0 Å². The Bertz CT molecular complexity index is 813. The normalized spacial score (nSPS) is 12.0. The van der Waals surface area contributed by atoms with Crippen LogP contribution in [0.5, 0.6) is 0 Å². The highest BCUT2D eigenvalue weighted by Crippen LogP contribution is 2.35. The van der Waals surface area contributed by atoms with E-state index in [-0.39, 0.29) is 5.54 Å². The lowest BCUT2D eigenvalue weighted by Gasteiger charge is -2.25. The van der Waals surface area contributed by atoms with Gasteiger partial charge in [0.05, 0.1) is 16.1 Å². The number of nitrogens with two attached hydrogens (primary N) is 1. The second kappa shape index (κ2) is 4.78. The van der Waals surface area contributed by atoms with Crippen LogP contribution in [0.4, 0.5) is 5.69 Å². The van der Waals surface area contributed by atoms with Crippen molar-refractivity contribution >= 4 is 28.3 Å². The summed E-state index contributed by atoms with van der Waals surface area (Å²) in [5, 5.41) is 0.657. The minimum absolute atomic E-state index is 0.112. The Morgan fingerprint density at radius 3 is 2.52 bits per heavy atom. The molecule has 1 aromatic heterocycles. The molecule has 108 valence electrons. The Hall–Kier alpha value is -2.00. The van der Waals surface area contributed by atoms with Gasteiger partial charge < -0.3 is 10.3 Å². The van der Waals surface area contributed by atoms with E-state index in [1.54, 1.807) is 6.07 Å². The topological polar surface area (TPSA) is 43.8 Å². The number of nitrogens with zero attached hydrogens (tertiary/aromatic N) is 2. The zero-order valence-electron chi connectivity index (χ0n) is 12.4. The minimum Gasteiger partial charge on any atom is -0.399 e. The zero-order valence-corrected chi connectivity index (χ0v) is 13.1. The molecule has 0 aliphatic heterocycles. The zero-order chi connectivity index (χ0) is 15.2. The molecule has 21 heavy (non-hydrogen) atoms. The molecule has 0 aliphatic rings. The minimum atomic E-state index is -0.112. The third-order valence-corrected chi connectivity index (χ3v) is 3.79. The average Bonchev–Trinajstić information content (AvgIpc) is 2.80. The fraction of sp³-hybridized carbons (Fsp3) is 0.235. The van der Waals surface area contributed by atoms with Crippen LogP contribution in [0.1, 0.15) is 20.8 Å². The van der Waals surface area contributed by atoms with Crippen molar-refractivity contribution in [3.05, 3.63) is 47.5 Å². The van der Waals surface area contributed by atoms with E-state index in [0.717, 1.165) is 22.4 Å². The predicted molar refractivity (Wildman–Crippen MR) is 89.6 cm³/mol. The molecule has 1 heterocycles. The highest BCUT2D eigenvalue weighted by Gasteiger charge is 2.23. The van der Waals surface area contributed by atoms with Crippen molar-refractivity contribution in [1.29, 1.82) is 0 Å². The highest BCUT2D eigenvalue weighted by molar-refractivity contribution is 6.33. The Morgan fingerprint density at radius 1 is 1.10 bits per heavy atom. The SMILES string of the molecule is CC(C)(C)n1c(-c2cc(N)ccc2Cl)nc2ccccc21. The number of hydrogen-bond donors (Lipinski definition) is 1. The third-order valence-electron chi connectivity index (χ3n) is 3.46. The van der Waals surface area contributed by atoms with Gasteiger partial charge in [-0.25, -0.2) is 4.98 Å². The Labute approximate surface area is 129 Å². The Kier molecular flexibility index (Phi) is 3.18. The van der Waals surface area contributed by atoms with Crippen molar-refractivity contribution in [2.24, 2.45) is 0 Å². The molecule has 0 spiro atoms. The van der Waals surface area contributed by atoms with Gasteiger partial charge in [-0.2, -0.15) is 0 Å². The summed E-state index contributed by atoms with van der Waals surface area (Å²) < 4.78 is 2.21. The third kappa shape index (κ3) is 2.38. The van der Waals surface area contributed by atoms with E-state index in [0.29, 0.717) is 10.7 Å². The lowest BCUT2D eigenvalue weighted by molar-refractivity contribution is 0.413. The maximum absolute atomic E-state index is 6.37. The molecule has 3 rings (SSSR count). The van der Waals surface area contributed by atoms with Crippen molar-refractivity contribution in [2.75, 3.05) is 5.73 Å². The Morgan fingerprint density at radius 2 is 1.81 bits per heavy atom. The van der Waals surface area contributed by atoms with Crippen molar-refractivity contribution < 1.29 is 0 Å². The number of nitrogen functional groups attached to an aromatic ring is 1. The first kappa shape index (κ1) is 14.0. The number of anilines is 1. The molecule has 3 aromatic rings. The first-order valence-corrected chi connectivity index (χ1v) is 7.29. The van der Waals surface area contributed by atoms with Gasteiger partial charge in [0, 0.05) is 16.8 Å². The summed E-state index contributed by atoms with van der Waals surface area (Å²) in [6, 6.07) is 13.6. The summed E-state index contributed by atoms with van der Waals surface area (Å²) in [4.78, 5) is 4.77. The molecule has 2 N–H and O–H groups in total. The van der Waals surface area contributed by atoms with Gasteiger partial charge in [0.2, 0.25) is 0 Å². The molecule has 0 radical (unpaired) electrons. The maximum Gasteiger partial charge on any atom is 0.143 e. The number of para-hydroxylation sites is 2. The van der Waals surface area contributed by atoms with Gasteiger partial charge >= 0.3 is 0 Å². The summed E-state index contributed by atoms with van der Waals surface area (Å²) in [7, 11) is 0. The van der Waals surface area contributed by atoms with E-state index in [1.807, 2.05) is 30.3 Å². The lowest BCUT2D eigenvalue weighted by Crippen LogP contribution is -2.22. The number of halogens is 1. The maximum atomic E-state index is 6.37. The molecule has 0 fully saturated rings. The number of rotatable bonds is 1. The number of hydrogen-bond acceptors (Lipinski definition) is 2. The molecule has 2 aromatic carbocycles. The van der Waals surface area contributed by atoms with Crippen molar-refractivity contribution in [3.63, 3.8) is 0 Å². The smallest absolute Gasteiger partial charge is 0.143 e. The van der Waals surface area contributed by atoms with Crippen molar-refractivity contribution in [2.45, 2.75) is 26.3 Å². The highest BCUT2D eigenvalue weighted by atomic mass is 35.5. The first-order valence-electron chi connectivity index (χ1n) is 6.91. The fourth-order valence-electron chi connectivity index (χ4n) is 2.60. The summed E-state index contributed by atoms with van der Waals surface area (Å²) in [6.07, 6.45) is 0. The molecule has 0 aliphatic carbocycles. The van der Waals surface area contributed by atoms with Gasteiger partial charge in [-0.1, -0.05) is 23.7 Å².